The van der Waals surface area contributed by atoms with Crippen LogP contribution in [-0.4, -0.2) is 28.1 Å². The van der Waals surface area contributed by atoms with Gasteiger partial charge in [-0.05, 0) is 44.9 Å². The molecule has 0 aromatic carbocycles. The monoisotopic (exact) mass is 368 g/mol. The summed E-state index contributed by atoms with van der Waals surface area (Å²) in [6.45, 7) is 4.17. The number of aromatic nitrogens is 2. The Morgan fingerprint density at radius 1 is 1.37 bits per heavy atom. The van der Waals surface area contributed by atoms with Gasteiger partial charge in [-0.15, -0.1) is 0 Å². The second-order valence-electron chi connectivity index (χ2n) is 6.81. The molecular formula is C20H20N2O5. The number of carbonyl (C=O) groups is 2. The Hall–Kier alpha value is -2.96. The summed E-state index contributed by atoms with van der Waals surface area (Å²) in [5.41, 5.74) is 1.88. The second kappa shape index (κ2) is 6.64. The highest BCUT2D eigenvalue weighted by molar-refractivity contribution is 5.96. The number of hydrogen-bond donors (Lipinski definition) is 0. The van der Waals surface area contributed by atoms with Crippen LogP contribution in [0.5, 0.6) is 0 Å². The Morgan fingerprint density at radius 3 is 2.93 bits per heavy atom. The maximum Gasteiger partial charge on any atom is 0.343 e. The van der Waals surface area contributed by atoms with Crippen molar-refractivity contribution in [2.24, 2.45) is 0 Å². The number of rotatable bonds is 3. The average molecular weight is 368 g/mol. The Morgan fingerprint density at radius 2 is 2.19 bits per heavy atom. The maximum absolute atomic E-state index is 12.9. The molecule has 0 N–H and O–H groups in total. The highest BCUT2D eigenvalue weighted by Gasteiger charge is 2.42. The van der Waals surface area contributed by atoms with Crippen LogP contribution in [-0.2, 0) is 16.0 Å². The van der Waals surface area contributed by atoms with Gasteiger partial charge in [-0.25, -0.2) is 9.59 Å². The zero-order valence-corrected chi connectivity index (χ0v) is 15.2. The van der Waals surface area contributed by atoms with Crippen molar-refractivity contribution in [1.82, 2.24) is 9.55 Å². The Kier molecular flexibility index (Phi) is 4.30. The number of pyridine rings is 2. The van der Waals surface area contributed by atoms with Crippen LogP contribution in [0.25, 0.3) is 0 Å². The fourth-order valence-electron chi connectivity index (χ4n) is 3.97. The molecule has 0 saturated heterocycles. The molecule has 0 fully saturated rings. The second-order valence-corrected chi connectivity index (χ2v) is 6.81. The number of esters is 2. The number of cyclic esters (lactones) is 1. The van der Waals surface area contributed by atoms with E-state index in [0.29, 0.717) is 17.9 Å². The van der Waals surface area contributed by atoms with Gasteiger partial charge < -0.3 is 14.0 Å². The minimum absolute atomic E-state index is 0.125. The molecule has 4 rings (SSSR count). The molecule has 2 aliphatic rings. The van der Waals surface area contributed by atoms with E-state index in [9.17, 15) is 14.4 Å². The van der Waals surface area contributed by atoms with E-state index >= 15 is 0 Å². The molecule has 2 aliphatic heterocycles. The van der Waals surface area contributed by atoms with E-state index in [2.05, 4.69) is 4.98 Å². The van der Waals surface area contributed by atoms with Gasteiger partial charge in [0, 0.05) is 23.9 Å². The van der Waals surface area contributed by atoms with Gasteiger partial charge in [0.25, 0.3) is 5.56 Å². The normalized spacial score (nSPS) is 20.6. The van der Waals surface area contributed by atoms with Gasteiger partial charge in [0.1, 0.15) is 5.56 Å². The molecule has 2 aromatic rings. The van der Waals surface area contributed by atoms with Gasteiger partial charge in [-0.1, -0.05) is 6.07 Å². The van der Waals surface area contributed by atoms with E-state index in [1.807, 2.05) is 25.1 Å². The Balaban J connectivity index is 1.87. The largest absolute Gasteiger partial charge is 0.462 e. The van der Waals surface area contributed by atoms with Crippen molar-refractivity contribution in [3.05, 3.63) is 62.8 Å². The molecule has 27 heavy (non-hydrogen) atoms. The molecule has 140 valence electrons. The van der Waals surface area contributed by atoms with Crippen LogP contribution in [0.3, 0.4) is 0 Å². The van der Waals surface area contributed by atoms with Crippen LogP contribution in [0, 0.1) is 6.92 Å². The first-order valence-corrected chi connectivity index (χ1v) is 9.10. The minimum Gasteiger partial charge on any atom is -0.462 e. The summed E-state index contributed by atoms with van der Waals surface area (Å²) in [6, 6.07) is 6.91. The van der Waals surface area contributed by atoms with Crippen molar-refractivity contribution in [2.75, 3.05) is 6.61 Å². The van der Waals surface area contributed by atoms with Gasteiger partial charge in [0.05, 0.1) is 17.9 Å². The van der Waals surface area contributed by atoms with E-state index in [-0.39, 0.29) is 23.7 Å². The van der Waals surface area contributed by atoms with E-state index in [4.69, 9.17) is 9.47 Å². The standard InChI is InChI=1S/C20H20N2O5/c1-3-26-19(24)14-10-13-16-12(7-5-9-22(16)18(14)23)17(27-20(13)25)15-8-4-6-11(2)21-15/h4,6,8,10,12,17H,3,5,7,9H2,1-2H3. The quantitative estimate of drug-likeness (QED) is 0.774. The summed E-state index contributed by atoms with van der Waals surface area (Å²) in [7, 11) is 0. The highest BCUT2D eigenvalue weighted by Crippen LogP contribution is 2.44. The molecule has 2 aromatic heterocycles. The molecule has 0 amide bonds. The van der Waals surface area contributed by atoms with Crippen molar-refractivity contribution < 1.29 is 19.1 Å². The van der Waals surface area contributed by atoms with E-state index in [1.165, 1.54) is 6.07 Å². The number of aryl methyl sites for hydroxylation is 1. The lowest BCUT2D eigenvalue weighted by molar-refractivity contribution is 0.0105. The van der Waals surface area contributed by atoms with E-state index in [0.717, 1.165) is 18.5 Å². The number of nitrogens with zero attached hydrogens (tertiary/aromatic N) is 2. The first kappa shape index (κ1) is 17.5. The smallest absolute Gasteiger partial charge is 0.343 e. The molecule has 7 heteroatoms. The Labute approximate surface area is 155 Å². The topological polar surface area (TPSA) is 87.5 Å². The Bertz CT molecular complexity index is 994. The molecular weight excluding hydrogens is 348 g/mol. The van der Waals surface area contributed by atoms with Crippen molar-refractivity contribution in [3.63, 3.8) is 0 Å². The third-order valence-electron chi connectivity index (χ3n) is 5.10. The zero-order chi connectivity index (χ0) is 19.1. The van der Waals surface area contributed by atoms with E-state index < -0.39 is 23.6 Å². The highest BCUT2D eigenvalue weighted by atomic mass is 16.5. The number of hydrogen-bond acceptors (Lipinski definition) is 6. The molecule has 2 unspecified atom stereocenters. The molecule has 7 nitrogen and oxygen atoms in total. The van der Waals surface area contributed by atoms with Crippen LogP contribution in [0.2, 0.25) is 0 Å². The van der Waals surface area contributed by atoms with Crippen LogP contribution in [0.15, 0.2) is 29.1 Å². The van der Waals surface area contributed by atoms with E-state index in [1.54, 1.807) is 11.5 Å². The summed E-state index contributed by atoms with van der Waals surface area (Å²) in [4.78, 5) is 42.2. The van der Waals surface area contributed by atoms with Gasteiger partial charge >= 0.3 is 11.9 Å². The van der Waals surface area contributed by atoms with Crippen LogP contribution >= 0.6 is 0 Å². The fraction of sp³-hybridized carbons (Fsp3) is 0.400. The molecule has 0 saturated carbocycles. The maximum atomic E-state index is 12.9. The molecule has 0 bridgehead atoms. The molecule has 2 atom stereocenters. The van der Waals surface area contributed by atoms with Gasteiger partial charge in [-0.3, -0.25) is 9.78 Å². The van der Waals surface area contributed by atoms with Gasteiger partial charge in [-0.2, -0.15) is 0 Å². The van der Waals surface area contributed by atoms with Crippen molar-refractivity contribution in [1.29, 1.82) is 0 Å². The van der Waals surface area contributed by atoms with Crippen LogP contribution in [0.4, 0.5) is 0 Å². The lowest BCUT2D eigenvalue weighted by atomic mass is 9.83. The first-order chi connectivity index (χ1) is 13.0. The summed E-state index contributed by atoms with van der Waals surface area (Å²) in [6.07, 6.45) is 0.992. The predicted molar refractivity (Wildman–Crippen MR) is 95.8 cm³/mol. The fourth-order valence-corrected chi connectivity index (χ4v) is 3.97. The van der Waals surface area contributed by atoms with Crippen molar-refractivity contribution in [3.8, 4) is 0 Å². The lowest BCUT2D eigenvalue weighted by Crippen LogP contribution is -2.40. The average Bonchev–Trinajstić information content (AvgIpc) is 2.66. The molecule has 0 radical (unpaired) electrons. The first-order valence-electron chi connectivity index (χ1n) is 9.10. The SMILES string of the molecule is CCOC(=O)c1cc2c3n(c1=O)CCCC3C(c1cccc(C)n1)OC2=O. The third-order valence-corrected chi connectivity index (χ3v) is 5.10. The van der Waals surface area contributed by atoms with Crippen molar-refractivity contribution >= 4 is 11.9 Å². The zero-order valence-electron chi connectivity index (χ0n) is 15.2. The van der Waals surface area contributed by atoms with Crippen LogP contribution in [0.1, 0.15) is 69.6 Å². The molecule has 0 spiro atoms. The number of carbonyl (C=O) groups excluding carboxylic acids is 2. The van der Waals surface area contributed by atoms with Gasteiger partial charge in [0.15, 0.2) is 6.10 Å². The predicted octanol–water partition coefficient (Wildman–Crippen LogP) is 2.52. The minimum atomic E-state index is -0.716. The van der Waals surface area contributed by atoms with Crippen LogP contribution < -0.4 is 5.56 Å². The summed E-state index contributed by atoms with van der Waals surface area (Å²) >= 11 is 0. The summed E-state index contributed by atoms with van der Waals surface area (Å²) in [5.74, 6) is -1.42. The van der Waals surface area contributed by atoms with Crippen molar-refractivity contribution in [2.45, 2.75) is 45.3 Å². The summed E-state index contributed by atoms with van der Waals surface area (Å²) < 4.78 is 12.2. The summed E-state index contributed by atoms with van der Waals surface area (Å²) in [5, 5.41) is 0. The molecule has 4 heterocycles. The molecule has 0 aliphatic carbocycles. The lowest BCUT2D eigenvalue weighted by Gasteiger charge is -2.37. The third kappa shape index (κ3) is 2.83. The number of ether oxygens (including phenoxy) is 2. The van der Waals surface area contributed by atoms with Gasteiger partial charge in [0.2, 0.25) is 0 Å².